The summed E-state index contributed by atoms with van der Waals surface area (Å²) in [7, 11) is 0. The molecule has 2 aromatic carbocycles. The Bertz CT molecular complexity index is 996. The monoisotopic (exact) mass is 416 g/mol. The highest BCUT2D eigenvalue weighted by molar-refractivity contribution is 9.10. The van der Waals surface area contributed by atoms with E-state index < -0.39 is 0 Å². The van der Waals surface area contributed by atoms with Crippen LogP contribution in [-0.4, -0.2) is 10.9 Å². The number of amides is 1. The average molecular weight is 418 g/mol. The van der Waals surface area contributed by atoms with Crippen LogP contribution in [0.25, 0.3) is 22.2 Å². The topological polar surface area (TPSA) is 42.0 Å². The molecule has 0 aliphatic carbocycles. The van der Waals surface area contributed by atoms with Gasteiger partial charge in [0.2, 0.25) is 0 Å². The molecule has 0 fully saturated rings. The molecule has 4 rings (SSSR count). The quantitative estimate of drug-likeness (QED) is 0.542. The van der Waals surface area contributed by atoms with Crippen LogP contribution in [-0.2, 0) is 4.79 Å². The highest BCUT2D eigenvalue weighted by Gasteiger charge is 2.24. The van der Waals surface area contributed by atoms with E-state index in [1.165, 1.54) is 0 Å². The summed E-state index contributed by atoms with van der Waals surface area (Å²) < 4.78 is 1.01. The van der Waals surface area contributed by atoms with Gasteiger partial charge in [-0.25, -0.2) is 4.98 Å². The fourth-order valence-electron chi connectivity index (χ4n) is 2.56. The van der Waals surface area contributed by atoms with Gasteiger partial charge in [0.05, 0.1) is 11.3 Å². The maximum absolute atomic E-state index is 12.2. The van der Waals surface area contributed by atoms with Crippen molar-refractivity contribution in [1.82, 2.24) is 4.98 Å². The molecule has 0 spiro atoms. The van der Waals surface area contributed by atoms with Crippen molar-refractivity contribution < 1.29 is 4.79 Å². The molecule has 6 heteroatoms. The van der Waals surface area contributed by atoms with Crippen LogP contribution in [0.15, 0.2) is 52.3 Å². The first-order valence-corrected chi connectivity index (χ1v) is 9.20. The van der Waals surface area contributed by atoms with Gasteiger partial charge in [-0.1, -0.05) is 39.7 Å². The molecule has 1 aromatic heterocycles. The Balaban J connectivity index is 1.73. The lowest BCUT2D eigenvalue weighted by atomic mass is 10.1. The Kier molecular flexibility index (Phi) is 4.00. The zero-order valence-electron chi connectivity index (χ0n) is 12.2. The van der Waals surface area contributed by atoms with Crippen molar-refractivity contribution in [1.29, 1.82) is 0 Å². The fourth-order valence-corrected chi connectivity index (χ4v) is 3.90. The number of hydrogen-bond donors (Lipinski definition) is 1. The number of carbonyl (C=O) groups is 1. The molecule has 0 saturated carbocycles. The number of aromatic nitrogens is 1. The maximum atomic E-state index is 12.2. The standard InChI is InChI=1S/C18H10BrClN2OS/c19-11-3-1-2-10(6-11)18-21-13(9-24-18)8-15-14-7-12(20)4-5-16(14)22-17(15)23/h1-9H,(H,22,23)/b15-8-. The summed E-state index contributed by atoms with van der Waals surface area (Å²) in [5, 5.41) is 6.30. The minimum absolute atomic E-state index is 0.135. The largest absolute Gasteiger partial charge is 0.321 e. The molecule has 118 valence electrons. The van der Waals surface area contributed by atoms with Crippen LogP contribution in [0.3, 0.4) is 0 Å². The molecule has 3 aromatic rings. The second kappa shape index (κ2) is 6.16. The van der Waals surface area contributed by atoms with E-state index >= 15 is 0 Å². The second-order valence-corrected chi connectivity index (χ2v) is 7.50. The van der Waals surface area contributed by atoms with Crippen LogP contribution in [0.2, 0.25) is 5.02 Å². The van der Waals surface area contributed by atoms with Crippen molar-refractivity contribution in [2.45, 2.75) is 0 Å². The van der Waals surface area contributed by atoms with Crippen LogP contribution in [0, 0.1) is 0 Å². The molecule has 2 heterocycles. The zero-order valence-corrected chi connectivity index (χ0v) is 15.4. The van der Waals surface area contributed by atoms with E-state index in [1.54, 1.807) is 29.5 Å². The minimum Gasteiger partial charge on any atom is -0.321 e. The Hall–Kier alpha value is -1.95. The number of anilines is 1. The smallest absolute Gasteiger partial charge is 0.256 e. The second-order valence-electron chi connectivity index (χ2n) is 5.29. The molecule has 0 bridgehead atoms. The first kappa shape index (κ1) is 15.6. The molecular formula is C18H10BrClN2OS. The van der Waals surface area contributed by atoms with Gasteiger partial charge in [-0.3, -0.25) is 4.79 Å². The molecule has 0 radical (unpaired) electrons. The van der Waals surface area contributed by atoms with Crippen molar-refractivity contribution in [2.75, 3.05) is 5.32 Å². The van der Waals surface area contributed by atoms with Gasteiger partial charge < -0.3 is 5.32 Å². The minimum atomic E-state index is -0.135. The first-order valence-electron chi connectivity index (χ1n) is 7.14. The number of nitrogens with one attached hydrogen (secondary N) is 1. The number of thiazole rings is 1. The molecule has 24 heavy (non-hydrogen) atoms. The molecular weight excluding hydrogens is 408 g/mol. The highest BCUT2D eigenvalue weighted by Crippen LogP contribution is 2.35. The van der Waals surface area contributed by atoms with Gasteiger partial charge in [0.1, 0.15) is 5.01 Å². The van der Waals surface area contributed by atoms with Crippen molar-refractivity contribution in [3.63, 3.8) is 0 Å². The summed E-state index contributed by atoms with van der Waals surface area (Å²) in [6.45, 7) is 0. The lowest BCUT2D eigenvalue weighted by Gasteiger charge is -1.98. The Labute approximate surface area is 156 Å². The number of nitrogens with zero attached hydrogens (tertiary/aromatic N) is 1. The van der Waals surface area contributed by atoms with E-state index in [0.717, 1.165) is 32.0 Å². The molecule has 0 atom stereocenters. The Morgan fingerprint density at radius 1 is 1.21 bits per heavy atom. The summed E-state index contributed by atoms with van der Waals surface area (Å²) >= 11 is 11.1. The van der Waals surface area contributed by atoms with E-state index in [4.69, 9.17) is 11.6 Å². The summed E-state index contributed by atoms with van der Waals surface area (Å²) in [4.78, 5) is 16.8. The summed E-state index contributed by atoms with van der Waals surface area (Å²) in [5.41, 5.74) is 3.97. The Morgan fingerprint density at radius 3 is 2.92 bits per heavy atom. The SMILES string of the molecule is O=C1Nc2ccc(Cl)cc2/C1=C/c1csc(-c2cccc(Br)c2)n1. The number of rotatable bonds is 2. The van der Waals surface area contributed by atoms with E-state index in [-0.39, 0.29) is 5.91 Å². The number of fused-ring (bicyclic) bond motifs is 1. The molecule has 0 unspecified atom stereocenters. The molecule has 1 aliphatic heterocycles. The summed E-state index contributed by atoms with van der Waals surface area (Å²) in [6, 6.07) is 13.3. The highest BCUT2D eigenvalue weighted by atomic mass is 79.9. The van der Waals surface area contributed by atoms with E-state index in [0.29, 0.717) is 10.6 Å². The third-order valence-electron chi connectivity index (χ3n) is 3.65. The predicted octanol–water partition coefficient (Wildman–Crippen LogP) is 5.72. The molecule has 1 N–H and O–H groups in total. The van der Waals surface area contributed by atoms with Gasteiger partial charge in [0, 0.05) is 31.7 Å². The fraction of sp³-hybridized carbons (Fsp3) is 0. The molecule has 0 saturated heterocycles. The number of benzene rings is 2. The zero-order chi connectivity index (χ0) is 16.7. The molecule has 3 nitrogen and oxygen atoms in total. The van der Waals surface area contributed by atoms with Gasteiger partial charge in [0.25, 0.3) is 5.91 Å². The van der Waals surface area contributed by atoms with Crippen LogP contribution in [0.1, 0.15) is 11.3 Å². The lowest BCUT2D eigenvalue weighted by Crippen LogP contribution is -2.03. The van der Waals surface area contributed by atoms with Crippen LogP contribution >= 0.6 is 38.9 Å². The van der Waals surface area contributed by atoms with Gasteiger partial charge in [-0.2, -0.15) is 0 Å². The lowest BCUT2D eigenvalue weighted by molar-refractivity contribution is -0.110. The first-order chi connectivity index (χ1) is 11.6. The number of halogens is 2. The van der Waals surface area contributed by atoms with Crippen molar-refractivity contribution in [3.8, 4) is 10.6 Å². The summed E-state index contributed by atoms with van der Waals surface area (Å²) in [5.74, 6) is -0.135. The normalized spacial score (nSPS) is 14.8. The van der Waals surface area contributed by atoms with Gasteiger partial charge >= 0.3 is 0 Å². The average Bonchev–Trinajstić information content (AvgIpc) is 3.14. The van der Waals surface area contributed by atoms with E-state index in [2.05, 4.69) is 26.2 Å². The van der Waals surface area contributed by atoms with Crippen LogP contribution < -0.4 is 5.32 Å². The predicted molar refractivity (Wildman–Crippen MR) is 103 cm³/mol. The van der Waals surface area contributed by atoms with Crippen molar-refractivity contribution in [3.05, 3.63) is 68.6 Å². The van der Waals surface area contributed by atoms with Crippen molar-refractivity contribution in [2.24, 2.45) is 0 Å². The van der Waals surface area contributed by atoms with Crippen LogP contribution in [0.4, 0.5) is 5.69 Å². The van der Waals surface area contributed by atoms with E-state index in [9.17, 15) is 4.79 Å². The molecule has 1 amide bonds. The van der Waals surface area contributed by atoms with Crippen LogP contribution in [0.5, 0.6) is 0 Å². The van der Waals surface area contributed by atoms with Crippen molar-refractivity contribution >= 4 is 62.1 Å². The van der Waals surface area contributed by atoms with Gasteiger partial charge in [-0.15, -0.1) is 11.3 Å². The number of hydrogen-bond acceptors (Lipinski definition) is 3. The maximum Gasteiger partial charge on any atom is 0.256 e. The Morgan fingerprint density at radius 2 is 2.08 bits per heavy atom. The van der Waals surface area contributed by atoms with E-state index in [1.807, 2.05) is 35.7 Å². The third kappa shape index (κ3) is 2.90. The van der Waals surface area contributed by atoms with Gasteiger partial charge in [0.15, 0.2) is 0 Å². The van der Waals surface area contributed by atoms with Gasteiger partial charge in [-0.05, 0) is 36.4 Å². The third-order valence-corrected chi connectivity index (χ3v) is 5.29. The number of carbonyl (C=O) groups excluding carboxylic acids is 1. The molecule has 1 aliphatic rings. The summed E-state index contributed by atoms with van der Waals surface area (Å²) in [6.07, 6.45) is 1.80.